The Bertz CT molecular complexity index is 722. The third-order valence-corrected chi connectivity index (χ3v) is 4.81. The Morgan fingerprint density at radius 2 is 2.19 bits per heavy atom. The Morgan fingerprint density at radius 3 is 2.77 bits per heavy atom. The predicted molar refractivity (Wildman–Crippen MR) is 91.5 cm³/mol. The molecule has 9 heteroatoms. The molecule has 0 saturated carbocycles. The van der Waals surface area contributed by atoms with Crippen molar-refractivity contribution < 1.29 is 28.5 Å². The molecule has 0 aromatic heterocycles. The van der Waals surface area contributed by atoms with Gasteiger partial charge in [0.2, 0.25) is 0 Å². The lowest BCUT2D eigenvalue weighted by Crippen LogP contribution is -3.10. The fourth-order valence-corrected chi connectivity index (χ4v) is 3.17. The third-order valence-electron chi connectivity index (χ3n) is 4.81. The van der Waals surface area contributed by atoms with E-state index in [0.717, 1.165) is 0 Å². The van der Waals surface area contributed by atoms with E-state index in [2.05, 4.69) is 0 Å². The molecule has 2 aliphatic heterocycles. The van der Waals surface area contributed by atoms with Gasteiger partial charge in [-0.3, -0.25) is 4.90 Å². The third kappa shape index (κ3) is 3.50. The number of carbonyl (C=O) groups is 2. The second kappa shape index (κ2) is 6.82. The minimum atomic E-state index is -0.709. The highest BCUT2D eigenvalue weighted by molar-refractivity contribution is 5.90. The summed E-state index contributed by atoms with van der Waals surface area (Å²) in [6.07, 6.45) is -1.37. The van der Waals surface area contributed by atoms with Gasteiger partial charge in [-0.1, -0.05) is 0 Å². The number of hydrogen-bond acceptors (Lipinski definition) is 6. The number of ether oxygens (including phenoxy) is 2. The lowest BCUT2D eigenvalue weighted by Gasteiger charge is -2.48. The minimum absolute atomic E-state index is 0.0993. The molecule has 2 saturated heterocycles. The average Bonchev–Trinajstić information content (AvgIpc) is 2.92. The number of nitrogens with zero attached hydrogens (tertiary/aromatic N) is 2. The largest absolute Gasteiger partial charge is 0.627 e. The Labute approximate surface area is 150 Å². The molecule has 0 spiro atoms. The van der Waals surface area contributed by atoms with Gasteiger partial charge in [-0.2, -0.15) is 0 Å². The van der Waals surface area contributed by atoms with E-state index < -0.39 is 29.0 Å². The van der Waals surface area contributed by atoms with Crippen LogP contribution in [0.3, 0.4) is 0 Å². The Kier molecular flexibility index (Phi) is 4.87. The van der Waals surface area contributed by atoms with Crippen LogP contribution in [0.2, 0.25) is 0 Å². The van der Waals surface area contributed by atoms with Crippen LogP contribution in [0.1, 0.15) is 13.8 Å². The van der Waals surface area contributed by atoms with Crippen molar-refractivity contribution in [3.05, 3.63) is 29.2 Å². The van der Waals surface area contributed by atoms with Gasteiger partial charge in [0.25, 0.3) is 0 Å². The number of nitrogens with one attached hydrogen (secondary N) is 1. The predicted octanol–water partition coefficient (Wildman–Crippen LogP) is 0.305. The van der Waals surface area contributed by atoms with Crippen LogP contribution in [0.25, 0.3) is 0 Å². The summed E-state index contributed by atoms with van der Waals surface area (Å²) in [7, 11) is 1.63. The summed E-state index contributed by atoms with van der Waals surface area (Å²) >= 11 is 0. The summed E-state index contributed by atoms with van der Waals surface area (Å²) in [6, 6.07) is 4.52. The van der Waals surface area contributed by atoms with E-state index in [9.17, 15) is 19.2 Å². The topological polar surface area (TPSA) is 86.6 Å². The van der Waals surface area contributed by atoms with Crippen LogP contribution in [0.4, 0.5) is 20.6 Å². The highest BCUT2D eigenvalue weighted by Gasteiger charge is 2.40. The minimum Gasteiger partial charge on any atom is -0.627 e. The fourth-order valence-electron chi connectivity index (χ4n) is 3.17. The van der Waals surface area contributed by atoms with Crippen LogP contribution in [0.15, 0.2) is 18.2 Å². The van der Waals surface area contributed by atoms with Gasteiger partial charge < -0.3 is 24.6 Å². The first-order valence-electron chi connectivity index (χ1n) is 8.34. The molecule has 3 rings (SSSR count). The van der Waals surface area contributed by atoms with Gasteiger partial charge in [0.15, 0.2) is 6.10 Å². The molecule has 0 radical (unpaired) electrons. The summed E-state index contributed by atoms with van der Waals surface area (Å²) in [5, 5.41) is 10.9. The second-order valence-electron chi connectivity index (χ2n) is 6.95. The van der Waals surface area contributed by atoms with Gasteiger partial charge in [0.05, 0.1) is 30.4 Å². The van der Waals surface area contributed by atoms with E-state index >= 15 is 0 Å². The van der Waals surface area contributed by atoms with Crippen molar-refractivity contribution in [3.8, 4) is 0 Å². The van der Waals surface area contributed by atoms with E-state index in [1.165, 1.54) is 17.9 Å². The standard InChI is InChI=1S/C17H22FN3O5/c1-11(22)21(24)8-13-7-20(16(23)26-13)12-4-5-15(14(18)6-12)19-9-17(2,10-19)25-3/h4-6,13,21H,7-10H2,1-3H3/t13-/m0/s1. The SMILES string of the molecule is COC1(C)CN(c2ccc(N3C[C@@H](C[NH+]([O-])C(C)=O)OC3=O)cc2F)C1. The van der Waals surface area contributed by atoms with Crippen molar-refractivity contribution in [1.82, 2.24) is 0 Å². The quantitative estimate of drug-likeness (QED) is 0.754. The van der Waals surface area contributed by atoms with Crippen molar-refractivity contribution in [2.24, 2.45) is 0 Å². The second-order valence-corrected chi connectivity index (χ2v) is 6.95. The molecule has 8 nitrogen and oxygen atoms in total. The van der Waals surface area contributed by atoms with Gasteiger partial charge >= 0.3 is 12.0 Å². The number of hydroxylamine groups is 2. The number of quaternary nitrogens is 1. The Balaban J connectivity index is 1.68. The summed E-state index contributed by atoms with van der Waals surface area (Å²) in [5.41, 5.74) is 0.517. The number of carbonyl (C=O) groups excluding carboxylic acids is 2. The zero-order chi connectivity index (χ0) is 19.1. The van der Waals surface area contributed by atoms with E-state index in [0.29, 0.717) is 24.5 Å². The van der Waals surface area contributed by atoms with Gasteiger partial charge in [-0.15, -0.1) is 0 Å². The van der Waals surface area contributed by atoms with E-state index in [-0.39, 0.29) is 18.7 Å². The van der Waals surface area contributed by atoms with Gasteiger partial charge in [-0.25, -0.2) is 14.0 Å². The molecule has 2 fully saturated rings. The van der Waals surface area contributed by atoms with E-state index in [1.54, 1.807) is 19.2 Å². The number of anilines is 2. The fraction of sp³-hybridized carbons (Fsp3) is 0.529. The number of halogens is 1. The van der Waals surface area contributed by atoms with Crippen LogP contribution < -0.4 is 14.9 Å². The van der Waals surface area contributed by atoms with Gasteiger partial charge in [0, 0.05) is 20.2 Å². The smallest absolute Gasteiger partial charge is 0.414 e. The molecular weight excluding hydrogens is 345 g/mol. The number of benzene rings is 1. The first-order valence-corrected chi connectivity index (χ1v) is 8.34. The summed E-state index contributed by atoms with van der Waals surface area (Å²) in [4.78, 5) is 26.2. The maximum atomic E-state index is 14.5. The molecule has 2 atom stereocenters. The van der Waals surface area contributed by atoms with Gasteiger partial charge in [0.1, 0.15) is 12.4 Å². The van der Waals surface area contributed by atoms with Crippen molar-refractivity contribution >= 4 is 23.4 Å². The normalized spacial score (nSPS) is 22.8. The number of amides is 2. The van der Waals surface area contributed by atoms with Crippen LogP contribution in [0, 0.1) is 11.0 Å². The molecule has 2 aliphatic rings. The Hall–Kier alpha value is -2.23. The molecule has 0 bridgehead atoms. The van der Waals surface area contributed by atoms with Crippen LogP contribution in [0.5, 0.6) is 0 Å². The molecular formula is C17H22FN3O5. The van der Waals surface area contributed by atoms with Gasteiger partial charge in [-0.05, 0) is 25.1 Å². The lowest BCUT2D eigenvalue weighted by molar-refractivity contribution is -0.768. The number of methoxy groups -OCH3 is 1. The zero-order valence-electron chi connectivity index (χ0n) is 15.0. The Morgan fingerprint density at radius 1 is 1.50 bits per heavy atom. The van der Waals surface area contributed by atoms with E-state index in [1.807, 2.05) is 11.8 Å². The summed E-state index contributed by atoms with van der Waals surface area (Å²) in [5.74, 6) is -1.02. The molecule has 1 aromatic rings. The highest BCUT2D eigenvalue weighted by atomic mass is 19.1. The maximum absolute atomic E-state index is 14.5. The van der Waals surface area contributed by atoms with Crippen LogP contribution in [-0.4, -0.2) is 57.0 Å². The first-order chi connectivity index (χ1) is 12.2. The number of rotatable bonds is 5. The van der Waals surface area contributed by atoms with Crippen molar-refractivity contribution in [3.63, 3.8) is 0 Å². The molecule has 1 unspecified atom stereocenters. The lowest BCUT2D eigenvalue weighted by atomic mass is 9.95. The number of hydrogen-bond donors (Lipinski definition) is 1. The van der Waals surface area contributed by atoms with Crippen molar-refractivity contribution in [2.75, 3.05) is 43.1 Å². The van der Waals surface area contributed by atoms with Crippen LogP contribution in [-0.2, 0) is 14.3 Å². The molecule has 2 heterocycles. The maximum Gasteiger partial charge on any atom is 0.414 e. The summed E-state index contributed by atoms with van der Waals surface area (Å²) < 4.78 is 25.0. The molecule has 2 amide bonds. The molecule has 142 valence electrons. The average molecular weight is 367 g/mol. The first kappa shape index (κ1) is 18.6. The molecule has 1 aromatic carbocycles. The summed E-state index contributed by atoms with van der Waals surface area (Å²) in [6.45, 7) is 4.24. The van der Waals surface area contributed by atoms with Crippen molar-refractivity contribution in [2.45, 2.75) is 25.6 Å². The monoisotopic (exact) mass is 367 g/mol. The number of cyclic esters (lactones) is 1. The molecule has 26 heavy (non-hydrogen) atoms. The van der Waals surface area contributed by atoms with E-state index in [4.69, 9.17) is 9.47 Å². The molecule has 1 N–H and O–H groups in total. The molecule has 0 aliphatic carbocycles. The highest BCUT2D eigenvalue weighted by Crippen LogP contribution is 2.34. The zero-order valence-corrected chi connectivity index (χ0v) is 15.0. The van der Waals surface area contributed by atoms with Crippen LogP contribution >= 0.6 is 0 Å². The van der Waals surface area contributed by atoms with Crippen molar-refractivity contribution in [1.29, 1.82) is 0 Å².